The van der Waals surface area contributed by atoms with Crippen LogP contribution in [0.2, 0.25) is 5.02 Å². The fraction of sp³-hybridized carbons (Fsp3) is 0.333. The van der Waals surface area contributed by atoms with E-state index in [0.29, 0.717) is 62.9 Å². The number of hydrogen-bond acceptors (Lipinski definition) is 9. The minimum absolute atomic E-state index is 0.0390. The highest BCUT2D eigenvalue weighted by molar-refractivity contribution is 7.18. The van der Waals surface area contributed by atoms with Crippen LogP contribution < -0.4 is 10.3 Å². The Labute approximate surface area is 281 Å². The number of aromatic carboxylic acids is 1. The molecule has 0 bridgehead atoms. The third-order valence-electron chi connectivity index (χ3n) is 8.66. The largest absolute Gasteiger partial charge is 0.491 e. The van der Waals surface area contributed by atoms with Crippen LogP contribution in [-0.2, 0) is 6.54 Å². The monoisotopic (exact) mass is 696 g/mol. The number of carboxylic acid groups (broad SMARTS) is 1. The van der Waals surface area contributed by atoms with Crippen LogP contribution in [0.3, 0.4) is 0 Å². The standard InChI is InChI=1S/C33H28ClF3N6O4S/c1-17-41-25-14-40-28(18-3-5-20(11-18)42(2)16-33(35,36)37)23(13-38)27(25)31(44)43(17)9-10-47-26-6-4-19(34)12-22(26)21-7-8-39-29-24(32(45)46)15-48-30(21)29/h4,6-8,12,14-15,18,20H,3,5,9-11,16H2,1-2H3,(H,45,46). The summed E-state index contributed by atoms with van der Waals surface area (Å²) in [7, 11) is 1.44. The molecule has 48 heavy (non-hydrogen) atoms. The number of hydrogen-bond donors (Lipinski definition) is 1. The van der Waals surface area contributed by atoms with Crippen molar-refractivity contribution >= 4 is 50.0 Å². The first kappa shape index (κ1) is 33.3. The number of nitriles is 1. The number of benzene rings is 1. The number of carboxylic acids is 1. The predicted molar refractivity (Wildman–Crippen MR) is 175 cm³/mol. The minimum atomic E-state index is -4.32. The molecule has 1 aliphatic rings. The van der Waals surface area contributed by atoms with E-state index in [9.17, 15) is 33.1 Å². The third kappa shape index (κ3) is 6.45. The zero-order chi connectivity index (χ0) is 34.3. The maximum Gasteiger partial charge on any atom is 0.401 e. The fourth-order valence-electron chi connectivity index (χ4n) is 6.42. The van der Waals surface area contributed by atoms with E-state index in [1.807, 2.05) is 0 Å². The van der Waals surface area contributed by atoms with Gasteiger partial charge in [0.1, 0.15) is 24.3 Å². The Hall–Kier alpha value is -4.58. The van der Waals surface area contributed by atoms with Crippen molar-refractivity contribution in [3.8, 4) is 22.9 Å². The van der Waals surface area contributed by atoms with E-state index in [1.54, 1.807) is 31.2 Å². The number of alkyl halides is 3. The Kier molecular flexibility index (Phi) is 9.12. The lowest BCUT2D eigenvalue weighted by Gasteiger charge is -2.25. The minimum Gasteiger partial charge on any atom is -0.491 e. The number of thiophene rings is 1. The van der Waals surface area contributed by atoms with Gasteiger partial charge in [-0.2, -0.15) is 18.4 Å². The van der Waals surface area contributed by atoms with Crippen LogP contribution >= 0.6 is 22.9 Å². The predicted octanol–water partition coefficient (Wildman–Crippen LogP) is 6.81. The lowest BCUT2D eigenvalue weighted by Crippen LogP contribution is -2.37. The SMILES string of the molecule is Cc1nc2cnc(C3CCC(N(C)CC(F)(F)F)C3)c(C#N)c2c(=O)n1CCOc1ccc(Cl)cc1-c1ccnc2c(C(=O)O)csc12. The van der Waals surface area contributed by atoms with Crippen molar-refractivity contribution in [2.45, 2.75) is 50.9 Å². The van der Waals surface area contributed by atoms with Gasteiger partial charge in [0.25, 0.3) is 5.56 Å². The number of fused-ring (bicyclic) bond motifs is 2. The number of halogens is 4. The van der Waals surface area contributed by atoms with Gasteiger partial charge in [0, 0.05) is 39.7 Å². The first-order valence-electron chi connectivity index (χ1n) is 15.0. The molecular weight excluding hydrogens is 669 g/mol. The number of aryl methyl sites for hydroxylation is 1. The van der Waals surface area contributed by atoms with Gasteiger partial charge in [0.2, 0.25) is 0 Å². The van der Waals surface area contributed by atoms with Gasteiger partial charge in [0.15, 0.2) is 0 Å². The van der Waals surface area contributed by atoms with Gasteiger partial charge in [-0.25, -0.2) is 9.78 Å². The number of rotatable bonds is 9. The summed E-state index contributed by atoms with van der Waals surface area (Å²) >= 11 is 7.59. The summed E-state index contributed by atoms with van der Waals surface area (Å²) in [5.74, 6) is -0.523. The van der Waals surface area contributed by atoms with Crippen LogP contribution in [0.4, 0.5) is 13.2 Å². The highest BCUT2D eigenvalue weighted by Gasteiger charge is 2.37. The Morgan fingerprint density at radius 1 is 1.25 bits per heavy atom. The van der Waals surface area contributed by atoms with Gasteiger partial charge in [-0.3, -0.25) is 24.2 Å². The van der Waals surface area contributed by atoms with Crippen molar-refractivity contribution in [2.75, 3.05) is 20.2 Å². The van der Waals surface area contributed by atoms with Crippen molar-refractivity contribution in [1.29, 1.82) is 5.26 Å². The van der Waals surface area contributed by atoms with Crippen LogP contribution in [0.25, 0.3) is 32.2 Å². The van der Waals surface area contributed by atoms with Gasteiger partial charge in [-0.15, -0.1) is 11.3 Å². The van der Waals surface area contributed by atoms with Gasteiger partial charge in [-0.1, -0.05) is 11.6 Å². The summed E-state index contributed by atoms with van der Waals surface area (Å²) in [6, 6.07) is 8.61. The molecule has 1 N–H and O–H groups in total. The summed E-state index contributed by atoms with van der Waals surface area (Å²) < 4.78 is 47.2. The number of pyridine rings is 2. The summed E-state index contributed by atoms with van der Waals surface area (Å²) in [5, 5.41) is 21.8. The zero-order valence-electron chi connectivity index (χ0n) is 25.7. The average molecular weight is 697 g/mol. The molecule has 0 radical (unpaired) electrons. The number of aromatic nitrogens is 4. The van der Waals surface area contributed by atoms with E-state index in [2.05, 4.69) is 21.0 Å². The lowest BCUT2D eigenvalue weighted by atomic mass is 9.96. The maximum absolute atomic E-state index is 13.9. The maximum atomic E-state index is 13.9. The number of ether oxygens (including phenoxy) is 1. The molecule has 5 aromatic rings. The molecule has 6 rings (SSSR count). The molecule has 0 aliphatic heterocycles. The van der Waals surface area contributed by atoms with Gasteiger partial charge in [-0.05, 0) is 57.5 Å². The lowest BCUT2D eigenvalue weighted by molar-refractivity contribution is -0.147. The van der Waals surface area contributed by atoms with Crippen LogP contribution in [0.1, 0.15) is 52.6 Å². The van der Waals surface area contributed by atoms with E-state index in [4.69, 9.17) is 16.3 Å². The highest BCUT2D eigenvalue weighted by Crippen LogP contribution is 2.40. The first-order valence-corrected chi connectivity index (χ1v) is 16.2. The molecular formula is C33H28ClF3N6O4S. The summed E-state index contributed by atoms with van der Waals surface area (Å²) in [4.78, 5) is 40.1. The van der Waals surface area contributed by atoms with Gasteiger partial charge >= 0.3 is 12.1 Å². The van der Waals surface area contributed by atoms with Crippen molar-refractivity contribution in [1.82, 2.24) is 24.4 Å². The summed E-state index contributed by atoms with van der Waals surface area (Å²) in [6.45, 7) is 0.759. The molecule has 4 aromatic heterocycles. The molecule has 1 aliphatic carbocycles. The molecule has 1 fully saturated rings. The van der Waals surface area contributed by atoms with Crippen LogP contribution in [0.15, 0.2) is 46.8 Å². The van der Waals surface area contributed by atoms with Crippen molar-refractivity contribution < 1.29 is 27.8 Å². The van der Waals surface area contributed by atoms with Crippen molar-refractivity contribution in [3.05, 3.63) is 80.1 Å². The molecule has 0 saturated heterocycles. The van der Waals surface area contributed by atoms with Gasteiger partial charge in [0.05, 0.1) is 57.2 Å². The number of carbonyl (C=O) groups is 1. The normalized spacial score (nSPS) is 16.5. The topological polar surface area (TPSA) is 134 Å². The molecule has 4 heterocycles. The summed E-state index contributed by atoms with van der Waals surface area (Å²) in [5.41, 5.74) is 2.05. The zero-order valence-corrected chi connectivity index (χ0v) is 27.3. The second-order valence-electron chi connectivity index (χ2n) is 11.7. The first-order chi connectivity index (χ1) is 22.9. The Morgan fingerprint density at radius 3 is 2.77 bits per heavy atom. The summed E-state index contributed by atoms with van der Waals surface area (Å²) in [6.07, 6.45) is 0.0906. The smallest absolute Gasteiger partial charge is 0.401 e. The Morgan fingerprint density at radius 2 is 2.04 bits per heavy atom. The molecule has 1 saturated carbocycles. The van der Waals surface area contributed by atoms with E-state index < -0.39 is 24.2 Å². The molecule has 2 unspecified atom stereocenters. The van der Waals surface area contributed by atoms with E-state index >= 15 is 0 Å². The van der Waals surface area contributed by atoms with E-state index in [1.165, 1.54) is 45.6 Å². The average Bonchev–Trinajstić information content (AvgIpc) is 3.70. The van der Waals surface area contributed by atoms with Crippen LogP contribution in [-0.4, -0.2) is 67.9 Å². The molecule has 10 nitrogen and oxygen atoms in total. The second kappa shape index (κ2) is 13.1. The van der Waals surface area contributed by atoms with Crippen molar-refractivity contribution in [2.24, 2.45) is 0 Å². The Bertz CT molecular complexity index is 2160. The third-order valence-corrected chi connectivity index (χ3v) is 9.90. The molecule has 15 heteroatoms. The molecule has 1 aromatic carbocycles. The highest BCUT2D eigenvalue weighted by atomic mass is 35.5. The molecule has 2 atom stereocenters. The van der Waals surface area contributed by atoms with Gasteiger partial charge < -0.3 is 9.84 Å². The quantitative estimate of drug-likeness (QED) is 0.176. The Balaban J connectivity index is 1.27. The molecule has 248 valence electrons. The second-order valence-corrected chi connectivity index (χ2v) is 13.0. The van der Waals surface area contributed by atoms with Crippen LogP contribution in [0.5, 0.6) is 5.75 Å². The van der Waals surface area contributed by atoms with E-state index in [-0.39, 0.29) is 47.1 Å². The van der Waals surface area contributed by atoms with Crippen LogP contribution in [0, 0.1) is 18.3 Å². The molecule has 0 spiro atoms. The van der Waals surface area contributed by atoms with E-state index in [0.717, 1.165) is 0 Å². The number of nitrogens with zero attached hydrogens (tertiary/aromatic N) is 6. The van der Waals surface area contributed by atoms with Crippen molar-refractivity contribution in [3.63, 3.8) is 0 Å². The molecule has 0 amide bonds. The fourth-order valence-corrected chi connectivity index (χ4v) is 7.62.